The van der Waals surface area contributed by atoms with Crippen LogP contribution in [0.4, 0.5) is 19.1 Å². The predicted molar refractivity (Wildman–Crippen MR) is 112 cm³/mol. The van der Waals surface area contributed by atoms with Crippen LogP contribution in [0.3, 0.4) is 0 Å². The van der Waals surface area contributed by atoms with Crippen LogP contribution in [0, 0.1) is 29.8 Å². The highest BCUT2D eigenvalue weighted by molar-refractivity contribution is 5.40. The minimum atomic E-state index is -1.59. The Labute approximate surface area is 185 Å². The lowest BCUT2D eigenvalue weighted by Gasteiger charge is -2.47. The van der Waals surface area contributed by atoms with Gasteiger partial charge in [0.2, 0.25) is 5.95 Å². The van der Waals surface area contributed by atoms with Gasteiger partial charge >= 0.3 is 11.4 Å². The highest BCUT2D eigenvalue weighted by Crippen LogP contribution is 2.39. The molecule has 2 aromatic heterocycles. The number of nitrogens with zero attached hydrogens (tertiary/aromatic N) is 5. The molecule has 2 aliphatic rings. The lowest BCUT2D eigenvalue weighted by Crippen LogP contribution is -2.59. The zero-order valence-corrected chi connectivity index (χ0v) is 17.7. The average Bonchev–Trinajstić information content (AvgIpc) is 3.23. The van der Waals surface area contributed by atoms with Crippen LogP contribution in [-0.2, 0) is 11.3 Å². The standard InChI is InChI=1S/C22H20F3N5O3/c1-13-4-15(8-26-7-13)30-20(31)27-19(28-10-22(11-28)2-3-33-12-22)29(21(30)32)9-14-5-16(23)18(25)17(24)6-14/h4-8H,2-3,9-12H2,1H3. The molecule has 0 atom stereocenters. The Bertz CT molecular complexity index is 1330. The number of hydrogen-bond donors (Lipinski definition) is 0. The molecule has 172 valence electrons. The van der Waals surface area contributed by atoms with Gasteiger partial charge in [0, 0.05) is 31.3 Å². The van der Waals surface area contributed by atoms with Gasteiger partial charge in [-0.1, -0.05) is 0 Å². The van der Waals surface area contributed by atoms with Crippen molar-refractivity contribution in [3.8, 4) is 5.69 Å². The highest BCUT2D eigenvalue weighted by Gasteiger charge is 2.47. The van der Waals surface area contributed by atoms with Crippen LogP contribution in [-0.4, -0.2) is 45.4 Å². The summed E-state index contributed by atoms with van der Waals surface area (Å²) >= 11 is 0. The van der Waals surface area contributed by atoms with Gasteiger partial charge in [0.1, 0.15) is 0 Å². The number of aryl methyl sites for hydroxylation is 1. The van der Waals surface area contributed by atoms with E-state index in [1.165, 1.54) is 10.8 Å². The van der Waals surface area contributed by atoms with Gasteiger partial charge in [-0.2, -0.15) is 4.98 Å². The van der Waals surface area contributed by atoms with Crippen molar-refractivity contribution in [2.75, 3.05) is 31.2 Å². The molecule has 5 rings (SSSR count). The minimum Gasteiger partial charge on any atom is -0.381 e. The van der Waals surface area contributed by atoms with E-state index in [9.17, 15) is 22.8 Å². The first-order chi connectivity index (χ1) is 15.8. The van der Waals surface area contributed by atoms with Gasteiger partial charge < -0.3 is 9.64 Å². The number of anilines is 1. The van der Waals surface area contributed by atoms with Crippen molar-refractivity contribution in [3.63, 3.8) is 0 Å². The summed E-state index contributed by atoms with van der Waals surface area (Å²) in [4.78, 5) is 36.3. The van der Waals surface area contributed by atoms with Crippen LogP contribution in [0.15, 0.2) is 40.2 Å². The Hall–Kier alpha value is -3.47. The molecule has 0 amide bonds. The van der Waals surface area contributed by atoms with Crippen LogP contribution in [0.25, 0.3) is 5.69 Å². The first kappa shape index (κ1) is 21.4. The molecule has 0 N–H and O–H groups in total. The maximum Gasteiger partial charge on any atom is 0.359 e. The third-order valence-electron chi connectivity index (χ3n) is 6.07. The maximum atomic E-state index is 13.8. The van der Waals surface area contributed by atoms with E-state index in [1.54, 1.807) is 24.1 Å². The van der Waals surface area contributed by atoms with E-state index >= 15 is 0 Å². The average molecular weight is 459 g/mol. The van der Waals surface area contributed by atoms with Gasteiger partial charge in [-0.25, -0.2) is 27.3 Å². The summed E-state index contributed by atoms with van der Waals surface area (Å²) in [6.07, 6.45) is 3.78. The van der Waals surface area contributed by atoms with Crippen molar-refractivity contribution in [1.82, 2.24) is 19.1 Å². The van der Waals surface area contributed by atoms with Crippen LogP contribution in [0.2, 0.25) is 0 Å². The molecule has 2 aliphatic heterocycles. The van der Waals surface area contributed by atoms with Gasteiger partial charge in [0.15, 0.2) is 17.5 Å². The molecule has 0 saturated carbocycles. The first-order valence-corrected chi connectivity index (χ1v) is 10.4. The highest BCUT2D eigenvalue weighted by atomic mass is 19.2. The molecule has 11 heteroatoms. The third-order valence-corrected chi connectivity index (χ3v) is 6.07. The summed E-state index contributed by atoms with van der Waals surface area (Å²) < 4.78 is 48.6. The molecule has 2 fully saturated rings. The van der Waals surface area contributed by atoms with Crippen LogP contribution >= 0.6 is 0 Å². The number of pyridine rings is 1. The third kappa shape index (κ3) is 3.71. The largest absolute Gasteiger partial charge is 0.381 e. The van der Waals surface area contributed by atoms with Crippen LogP contribution in [0.1, 0.15) is 17.5 Å². The Morgan fingerprint density at radius 2 is 1.82 bits per heavy atom. The van der Waals surface area contributed by atoms with Crippen molar-refractivity contribution < 1.29 is 17.9 Å². The molecule has 0 radical (unpaired) electrons. The van der Waals surface area contributed by atoms with Crippen LogP contribution < -0.4 is 16.3 Å². The summed E-state index contributed by atoms with van der Waals surface area (Å²) in [5.74, 6) is -4.24. The Morgan fingerprint density at radius 1 is 1.09 bits per heavy atom. The molecule has 0 unspecified atom stereocenters. The molecule has 0 bridgehead atoms. The van der Waals surface area contributed by atoms with Crippen molar-refractivity contribution >= 4 is 5.95 Å². The Kier molecular flexibility index (Phi) is 5.08. The second-order valence-electron chi connectivity index (χ2n) is 8.65. The maximum absolute atomic E-state index is 13.8. The van der Waals surface area contributed by atoms with Crippen molar-refractivity contribution in [2.24, 2.45) is 5.41 Å². The zero-order valence-electron chi connectivity index (χ0n) is 17.7. The van der Waals surface area contributed by atoms with Gasteiger partial charge in [0.05, 0.1) is 25.0 Å². The molecule has 2 saturated heterocycles. The smallest absolute Gasteiger partial charge is 0.359 e. The lowest BCUT2D eigenvalue weighted by atomic mass is 9.79. The topological polar surface area (TPSA) is 82.2 Å². The normalized spacial score (nSPS) is 16.9. The summed E-state index contributed by atoms with van der Waals surface area (Å²) in [6.45, 7) is 3.73. The summed E-state index contributed by atoms with van der Waals surface area (Å²) in [5.41, 5.74) is -0.638. The van der Waals surface area contributed by atoms with Gasteiger partial charge in [0.25, 0.3) is 0 Å². The number of ether oxygens (including phenoxy) is 1. The Morgan fingerprint density at radius 3 is 2.45 bits per heavy atom. The molecule has 1 spiro atoms. The summed E-state index contributed by atoms with van der Waals surface area (Å²) in [6, 6.07) is 3.24. The lowest BCUT2D eigenvalue weighted by molar-refractivity contribution is 0.129. The van der Waals surface area contributed by atoms with E-state index in [0.29, 0.717) is 26.3 Å². The van der Waals surface area contributed by atoms with Crippen molar-refractivity contribution in [3.05, 3.63) is 80.1 Å². The van der Waals surface area contributed by atoms with E-state index in [0.717, 1.165) is 28.7 Å². The van der Waals surface area contributed by atoms with E-state index in [2.05, 4.69) is 9.97 Å². The van der Waals surface area contributed by atoms with Crippen molar-refractivity contribution in [1.29, 1.82) is 0 Å². The number of halogens is 3. The fourth-order valence-electron chi connectivity index (χ4n) is 4.43. The number of benzene rings is 1. The van der Waals surface area contributed by atoms with E-state index in [-0.39, 0.29) is 29.2 Å². The van der Waals surface area contributed by atoms with E-state index in [1.807, 2.05) is 0 Å². The van der Waals surface area contributed by atoms with Gasteiger partial charge in [-0.05, 0) is 42.7 Å². The molecular weight excluding hydrogens is 439 g/mol. The SMILES string of the molecule is Cc1cncc(-n2c(=O)nc(N3CC4(CCOC4)C3)n(Cc3cc(F)c(F)c(F)c3)c2=O)c1. The number of aromatic nitrogens is 4. The van der Waals surface area contributed by atoms with E-state index in [4.69, 9.17) is 4.74 Å². The molecule has 33 heavy (non-hydrogen) atoms. The predicted octanol–water partition coefficient (Wildman–Crippen LogP) is 1.79. The molecular formula is C22H20F3N5O3. The van der Waals surface area contributed by atoms with Crippen LogP contribution in [0.5, 0.6) is 0 Å². The minimum absolute atomic E-state index is 0.0172. The monoisotopic (exact) mass is 459 g/mol. The van der Waals surface area contributed by atoms with Crippen molar-refractivity contribution in [2.45, 2.75) is 19.9 Å². The first-order valence-electron chi connectivity index (χ1n) is 10.4. The van der Waals surface area contributed by atoms with Gasteiger partial charge in [-0.15, -0.1) is 0 Å². The fraction of sp³-hybridized carbons (Fsp3) is 0.364. The zero-order chi connectivity index (χ0) is 23.3. The quantitative estimate of drug-likeness (QED) is 0.554. The second kappa shape index (κ2) is 7.84. The summed E-state index contributed by atoms with van der Waals surface area (Å²) in [5, 5.41) is 0. The molecule has 4 heterocycles. The van der Waals surface area contributed by atoms with Gasteiger partial charge in [-0.3, -0.25) is 9.55 Å². The number of hydrogen-bond acceptors (Lipinski definition) is 6. The Balaban J connectivity index is 1.63. The fourth-order valence-corrected chi connectivity index (χ4v) is 4.43. The second-order valence-corrected chi connectivity index (χ2v) is 8.65. The van der Waals surface area contributed by atoms with E-state index < -0.39 is 28.8 Å². The molecule has 0 aliphatic carbocycles. The molecule has 3 aromatic rings. The molecule has 1 aromatic carbocycles. The summed E-state index contributed by atoms with van der Waals surface area (Å²) in [7, 11) is 0. The molecule has 8 nitrogen and oxygen atoms in total. The number of rotatable bonds is 4.